The molecule has 0 radical (unpaired) electrons. The van der Waals surface area contributed by atoms with Crippen molar-refractivity contribution in [1.29, 1.82) is 0 Å². The molecule has 0 saturated carbocycles. The molecule has 88 valence electrons. The molecule has 1 amide bonds. The number of amides is 1. The molecule has 1 rings (SSSR count). The number of rotatable bonds is 1. The third kappa shape index (κ3) is 1.76. The van der Waals surface area contributed by atoms with Crippen molar-refractivity contribution in [3.05, 3.63) is 20.8 Å². The number of aromatic nitrogens is 2. The Kier molecular flexibility index (Phi) is 3.02. The van der Waals surface area contributed by atoms with Crippen LogP contribution in [-0.4, -0.2) is 22.3 Å². The quantitative estimate of drug-likeness (QED) is 0.630. The van der Waals surface area contributed by atoms with E-state index in [0.717, 1.165) is 16.2 Å². The van der Waals surface area contributed by atoms with E-state index in [1.165, 1.54) is 14.1 Å². The van der Waals surface area contributed by atoms with E-state index in [9.17, 15) is 14.4 Å². The summed E-state index contributed by atoms with van der Waals surface area (Å²) in [5, 5.41) is 2.16. The molecule has 1 aromatic rings. The van der Waals surface area contributed by atoms with E-state index < -0.39 is 17.3 Å². The van der Waals surface area contributed by atoms with Crippen LogP contribution in [0.25, 0.3) is 0 Å². The van der Waals surface area contributed by atoms with Crippen molar-refractivity contribution in [2.75, 3.05) is 18.2 Å². The van der Waals surface area contributed by atoms with Gasteiger partial charge in [-0.25, -0.2) is 9.59 Å². The molecule has 1 heterocycles. The number of methoxy groups -OCH3 is 1. The van der Waals surface area contributed by atoms with Crippen LogP contribution in [0.1, 0.15) is 0 Å². The number of nitrogens with two attached hydrogens (primary N) is 1. The minimum atomic E-state index is -0.831. The fourth-order valence-corrected chi connectivity index (χ4v) is 1.13. The van der Waals surface area contributed by atoms with Gasteiger partial charge in [0, 0.05) is 14.1 Å². The maximum Gasteiger partial charge on any atom is 0.411 e. The molecule has 0 fully saturated rings. The van der Waals surface area contributed by atoms with Crippen LogP contribution in [0.5, 0.6) is 0 Å². The number of nitrogens with one attached hydrogen (secondary N) is 1. The van der Waals surface area contributed by atoms with E-state index in [1.54, 1.807) is 0 Å². The third-order valence-electron chi connectivity index (χ3n) is 2.12. The summed E-state index contributed by atoms with van der Waals surface area (Å²) in [4.78, 5) is 34.0. The van der Waals surface area contributed by atoms with Crippen molar-refractivity contribution in [2.45, 2.75) is 0 Å². The van der Waals surface area contributed by atoms with Crippen LogP contribution in [0.4, 0.5) is 16.3 Å². The molecule has 3 N–H and O–H groups in total. The van der Waals surface area contributed by atoms with Gasteiger partial charge < -0.3 is 10.5 Å². The molecule has 0 aromatic carbocycles. The largest absolute Gasteiger partial charge is 0.453 e. The predicted octanol–water partition coefficient (Wildman–Crippen LogP) is -1.16. The van der Waals surface area contributed by atoms with Gasteiger partial charge in [0.25, 0.3) is 5.56 Å². The van der Waals surface area contributed by atoms with E-state index in [-0.39, 0.29) is 11.5 Å². The Balaban J connectivity index is 3.46. The molecule has 0 aliphatic carbocycles. The molecular weight excluding hydrogens is 216 g/mol. The maximum atomic E-state index is 11.6. The number of hydrogen-bond acceptors (Lipinski definition) is 5. The molecule has 0 saturated heterocycles. The average Bonchev–Trinajstić information content (AvgIpc) is 2.29. The molecule has 0 spiro atoms. The Hall–Kier alpha value is -2.25. The summed E-state index contributed by atoms with van der Waals surface area (Å²) in [5.74, 6) is -0.126. The minimum Gasteiger partial charge on any atom is -0.453 e. The molecule has 0 aliphatic heterocycles. The van der Waals surface area contributed by atoms with Gasteiger partial charge in [0.15, 0.2) is 5.69 Å². The molecule has 16 heavy (non-hydrogen) atoms. The summed E-state index contributed by atoms with van der Waals surface area (Å²) in [6.45, 7) is 0. The summed E-state index contributed by atoms with van der Waals surface area (Å²) < 4.78 is 6.22. The smallest absolute Gasteiger partial charge is 0.411 e. The Morgan fingerprint density at radius 2 is 1.88 bits per heavy atom. The first kappa shape index (κ1) is 11.8. The monoisotopic (exact) mass is 228 g/mol. The first-order chi connectivity index (χ1) is 7.40. The highest BCUT2D eigenvalue weighted by Gasteiger charge is 2.15. The van der Waals surface area contributed by atoms with E-state index in [4.69, 9.17) is 5.73 Å². The summed E-state index contributed by atoms with van der Waals surface area (Å²) in [6.07, 6.45) is -0.831. The zero-order valence-electron chi connectivity index (χ0n) is 9.10. The first-order valence-electron chi connectivity index (χ1n) is 4.30. The number of hydrogen-bond donors (Lipinski definition) is 2. The van der Waals surface area contributed by atoms with Crippen molar-refractivity contribution < 1.29 is 9.53 Å². The number of nitrogens with zero attached hydrogens (tertiary/aromatic N) is 2. The molecule has 8 heteroatoms. The second-order valence-corrected chi connectivity index (χ2v) is 3.08. The zero-order chi connectivity index (χ0) is 12.5. The summed E-state index contributed by atoms with van der Waals surface area (Å²) >= 11 is 0. The highest BCUT2D eigenvalue weighted by molar-refractivity contribution is 5.87. The fraction of sp³-hybridized carbons (Fsp3) is 0.375. The number of ether oxygens (including phenoxy) is 1. The Morgan fingerprint density at radius 1 is 1.31 bits per heavy atom. The van der Waals surface area contributed by atoms with Gasteiger partial charge in [-0.15, -0.1) is 0 Å². The lowest BCUT2D eigenvalue weighted by Crippen LogP contribution is -2.40. The van der Waals surface area contributed by atoms with Crippen LogP contribution in [-0.2, 0) is 18.8 Å². The lowest BCUT2D eigenvalue weighted by atomic mass is 10.4. The van der Waals surface area contributed by atoms with Gasteiger partial charge in [-0.1, -0.05) is 0 Å². The van der Waals surface area contributed by atoms with Gasteiger partial charge in [-0.2, -0.15) is 0 Å². The number of carbonyl (C=O) groups is 1. The number of anilines is 2. The van der Waals surface area contributed by atoms with Crippen LogP contribution in [0.15, 0.2) is 9.59 Å². The van der Waals surface area contributed by atoms with Crippen LogP contribution in [0.3, 0.4) is 0 Å². The average molecular weight is 228 g/mol. The molecular formula is C8H12N4O4. The molecule has 8 nitrogen and oxygen atoms in total. The van der Waals surface area contributed by atoms with Gasteiger partial charge >= 0.3 is 11.8 Å². The molecule has 0 bridgehead atoms. The summed E-state index contributed by atoms with van der Waals surface area (Å²) in [6, 6.07) is 0. The van der Waals surface area contributed by atoms with E-state index in [0.29, 0.717) is 0 Å². The lowest BCUT2D eigenvalue weighted by molar-refractivity contribution is 0.187. The van der Waals surface area contributed by atoms with Gasteiger partial charge in [-0.05, 0) is 0 Å². The van der Waals surface area contributed by atoms with Crippen LogP contribution < -0.4 is 22.3 Å². The van der Waals surface area contributed by atoms with Crippen molar-refractivity contribution >= 4 is 17.6 Å². The molecule has 1 aromatic heterocycles. The predicted molar refractivity (Wildman–Crippen MR) is 57.4 cm³/mol. The second-order valence-electron chi connectivity index (χ2n) is 3.08. The standard InChI is InChI=1S/C8H12N4O4/c1-11-5(9)4(10-7(14)16-3)6(13)12(2)8(11)15/h9H2,1-3H3,(H,10,14). The Morgan fingerprint density at radius 3 is 2.38 bits per heavy atom. The van der Waals surface area contributed by atoms with Gasteiger partial charge in [0.2, 0.25) is 0 Å². The topological polar surface area (TPSA) is 108 Å². The van der Waals surface area contributed by atoms with Crippen LogP contribution in [0.2, 0.25) is 0 Å². The molecule has 0 unspecified atom stereocenters. The van der Waals surface area contributed by atoms with Crippen molar-refractivity contribution in [3.63, 3.8) is 0 Å². The minimum absolute atomic E-state index is 0.126. The molecule has 0 aliphatic rings. The van der Waals surface area contributed by atoms with Crippen LogP contribution >= 0.6 is 0 Å². The number of carbonyl (C=O) groups excluding carboxylic acids is 1. The zero-order valence-corrected chi connectivity index (χ0v) is 9.10. The normalized spacial score (nSPS) is 9.94. The SMILES string of the molecule is COC(=O)Nc1c(N)n(C)c(=O)n(C)c1=O. The lowest BCUT2D eigenvalue weighted by Gasteiger charge is -2.11. The van der Waals surface area contributed by atoms with Gasteiger partial charge in [-0.3, -0.25) is 19.2 Å². The highest BCUT2D eigenvalue weighted by atomic mass is 16.5. The van der Waals surface area contributed by atoms with E-state index >= 15 is 0 Å². The summed E-state index contributed by atoms with van der Waals surface area (Å²) in [7, 11) is 3.82. The van der Waals surface area contributed by atoms with E-state index in [1.807, 2.05) is 0 Å². The Labute approximate surface area is 90.2 Å². The van der Waals surface area contributed by atoms with Gasteiger partial charge in [0.05, 0.1) is 7.11 Å². The van der Waals surface area contributed by atoms with Crippen LogP contribution in [0, 0.1) is 0 Å². The first-order valence-corrected chi connectivity index (χ1v) is 4.30. The fourth-order valence-electron chi connectivity index (χ4n) is 1.13. The van der Waals surface area contributed by atoms with Crippen molar-refractivity contribution in [2.24, 2.45) is 14.1 Å². The van der Waals surface area contributed by atoms with Crippen molar-refractivity contribution in [3.8, 4) is 0 Å². The van der Waals surface area contributed by atoms with Gasteiger partial charge in [0.1, 0.15) is 5.82 Å². The highest BCUT2D eigenvalue weighted by Crippen LogP contribution is 2.08. The van der Waals surface area contributed by atoms with E-state index in [2.05, 4.69) is 10.1 Å². The summed E-state index contributed by atoms with van der Waals surface area (Å²) in [5.41, 5.74) is 4.09. The number of nitrogen functional groups attached to an aromatic ring is 1. The Bertz CT molecular complexity index is 542. The third-order valence-corrected chi connectivity index (χ3v) is 2.12. The van der Waals surface area contributed by atoms with Crippen molar-refractivity contribution in [1.82, 2.24) is 9.13 Å². The second kappa shape index (κ2) is 4.09. The molecule has 0 atom stereocenters. The maximum absolute atomic E-state index is 11.6.